The van der Waals surface area contributed by atoms with Crippen molar-refractivity contribution in [2.45, 2.75) is 19.9 Å². The van der Waals surface area contributed by atoms with Gasteiger partial charge in [0.25, 0.3) is 5.91 Å². The number of amides is 1. The van der Waals surface area contributed by atoms with Crippen molar-refractivity contribution in [3.63, 3.8) is 0 Å². The van der Waals surface area contributed by atoms with Gasteiger partial charge in [0.2, 0.25) is 0 Å². The largest absolute Gasteiger partial charge is 0.508 e. The highest BCUT2D eigenvalue weighted by Gasteiger charge is 2.21. The minimum atomic E-state index is -0.369. The summed E-state index contributed by atoms with van der Waals surface area (Å²) in [6.45, 7) is 3.72. The first kappa shape index (κ1) is 13.3. The number of benzene rings is 1. The van der Waals surface area contributed by atoms with E-state index in [1.54, 1.807) is 0 Å². The maximum absolute atomic E-state index is 12.1. The second kappa shape index (κ2) is 5.54. The van der Waals surface area contributed by atoms with Crippen molar-refractivity contribution >= 4 is 5.91 Å². The molecule has 0 radical (unpaired) electrons. The summed E-state index contributed by atoms with van der Waals surface area (Å²) < 4.78 is 0. The summed E-state index contributed by atoms with van der Waals surface area (Å²) >= 11 is 0. The summed E-state index contributed by atoms with van der Waals surface area (Å²) in [7, 11) is 0. The van der Waals surface area contributed by atoms with Crippen LogP contribution < -0.4 is 0 Å². The standard InChI is InChI=1S/C12H17NO4/c1-8(2)13(5-6-14)12(17)10-4-3-9(15)7-11(10)16/h3-4,7-8,14-16H,5-6H2,1-2H3. The van der Waals surface area contributed by atoms with Crippen molar-refractivity contribution in [1.29, 1.82) is 0 Å². The normalized spacial score (nSPS) is 10.6. The van der Waals surface area contributed by atoms with Gasteiger partial charge < -0.3 is 20.2 Å². The molecule has 0 saturated heterocycles. The quantitative estimate of drug-likeness (QED) is 0.730. The third-order valence-electron chi connectivity index (χ3n) is 2.44. The zero-order chi connectivity index (χ0) is 13.0. The van der Waals surface area contributed by atoms with E-state index in [0.717, 1.165) is 6.07 Å². The van der Waals surface area contributed by atoms with Crippen LogP contribution >= 0.6 is 0 Å². The molecular formula is C12H17NO4. The Morgan fingerprint density at radius 2 is 2.00 bits per heavy atom. The van der Waals surface area contributed by atoms with Gasteiger partial charge >= 0.3 is 0 Å². The van der Waals surface area contributed by atoms with Crippen LogP contribution in [0, 0.1) is 0 Å². The molecule has 1 aromatic rings. The minimum Gasteiger partial charge on any atom is -0.508 e. The molecule has 0 bridgehead atoms. The summed E-state index contributed by atoms with van der Waals surface area (Å²) in [6, 6.07) is 3.73. The second-order valence-electron chi connectivity index (χ2n) is 4.02. The van der Waals surface area contributed by atoms with E-state index in [1.807, 2.05) is 13.8 Å². The molecule has 0 aromatic heterocycles. The lowest BCUT2D eigenvalue weighted by Crippen LogP contribution is -2.39. The van der Waals surface area contributed by atoms with Crippen LogP contribution in [0.3, 0.4) is 0 Å². The Morgan fingerprint density at radius 3 is 2.47 bits per heavy atom. The Bertz CT molecular complexity index is 403. The topological polar surface area (TPSA) is 81.0 Å². The fraction of sp³-hybridized carbons (Fsp3) is 0.417. The average Bonchev–Trinajstić information content (AvgIpc) is 2.24. The van der Waals surface area contributed by atoms with Gasteiger partial charge in [-0.3, -0.25) is 4.79 Å². The SMILES string of the molecule is CC(C)N(CCO)C(=O)c1ccc(O)cc1O. The fourth-order valence-electron chi connectivity index (χ4n) is 1.56. The van der Waals surface area contributed by atoms with E-state index in [9.17, 15) is 9.90 Å². The minimum absolute atomic E-state index is 0.0807. The summed E-state index contributed by atoms with van der Waals surface area (Å²) in [6.07, 6.45) is 0. The number of carbonyl (C=O) groups excluding carboxylic acids is 1. The number of nitrogens with zero attached hydrogens (tertiary/aromatic N) is 1. The van der Waals surface area contributed by atoms with E-state index in [0.29, 0.717) is 0 Å². The van der Waals surface area contributed by atoms with E-state index < -0.39 is 0 Å². The van der Waals surface area contributed by atoms with Crippen molar-refractivity contribution in [2.24, 2.45) is 0 Å². The number of aromatic hydroxyl groups is 2. The molecule has 0 atom stereocenters. The molecule has 5 nitrogen and oxygen atoms in total. The number of hydrogen-bond acceptors (Lipinski definition) is 4. The highest BCUT2D eigenvalue weighted by atomic mass is 16.3. The van der Waals surface area contributed by atoms with Crippen LogP contribution in [0.2, 0.25) is 0 Å². The van der Waals surface area contributed by atoms with E-state index >= 15 is 0 Å². The van der Waals surface area contributed by atoms with Crippen molar-refractivity contribution < 1.29 is 20.1 Å². The Balaban J connectivity index is 3.01. The lowest BCUT2D eigenvalue weighted by atomic mass is 10.1. The first-order valence-corrected chi connectivity index (χ1v) is 5.41. The Labute approximate surface area is 99.9 Å². The van der Waals surface area contributed by atoms with E-state index in [1.165, 1.54) is 17.0 Å². The summed E-state index contributed by atoms with van der Waals surface area (Å²) in [4.78, 5) is 13.5. The highest BCUT2D eigenvalue weighted by Crippen LogP contribution is 2.24. The van der Waals surface area contributed by atoms with Crippen LogP contribution in [-0.4, -0.2) is 45.3 Å². The molecule has 1 rings (SSSR count). The van der Waals surface area contributed by atoms with E-state index in [-0.39, 0.29) is 42.2 Å². The smallest absolute Gasteiger partial charge is 0.257 e. The monoisotopic (exact) mass is 239 g/mol. The first-order valence-electron chi connectivity index (χ1n) is 5.41. The lowest BCUT2D eigenvalue weighted by Gasteiger charge is -2.26. The van der Waals surface area contributed by atoms with Gasteiger partial charge in [-0.1, -0.05) is 0 Å². The number of phenolic OH excluding ortho intramolecular Hbond substituents is 2. The van der Waals surface area contributed by atoms with Gasteiger partial charge in [0.1, 0.15) is 11.5 Å². The molecule has 0 aliphatic carbocycles. The summed E-state index contributed by atoms with van der Waals surface area (Å²) in [5.74, 6) is -0.734. The van der Waals surface area contributed by atoms with Gasteiger partial charge in [-0.05, 0) is 26.0 Å². The molecule has 0 aliphatic rings. The molecule has 17 heavy (non-hydrogen) atoms. The average molecular weight is 239 g/mol. The maximum atomic E-state index is 12.1. The Morgan fingerprint density at radius 1 is 1.35 bits per heavy atom. The molecule has 5 heteroatoms. The number of aliphatic hydroxyl groups is 1. The molecule has 1 aromatic carbocycles. The fourth-order valence-corrected chi connectivity index (χ4v) is 1.56. The van der Waals surface area contributed by atoms with Gasteiger partial charge in [-0.2, -0.15) is 0 Å². The van der Waals surface area contributed by atoms with Crippen LogP contribution in [-0.2, 0) is 0 Å². The van der Waals surface area contributed by atoms with Crippen LogP contribution in [0.15, 0.2) is 18.2 Å². The lowest BCUT2D eigenvalue weighted by molar-refractivity contribution is 0.0662. The number of rotatable bonds is 4. The second-order valence-corrected chi connectivity index (χ2v) is 4.02. The van der Waals surface area contributed by atoms with E-state index in [4.69, 9.17) is 10.2 Å². The van der Waals surface area contributed by atoms with Crippen LogP contribution in [0.4, 0.5) is 0 Å². The third kappa shape index (κ3) is 3.10. The Hall–Kier alpha value is -1.75. The van der Waals surface area contributed by atoms with Crippen LogP contribution in [0.5, 0.6) is 11.5 Å². The molecule has 0 fully saturated rings. The van der Waals surface area contributed by atoms with Crippen molar-refractivity contribution in [1.82, 2.24) is 4.90 Å². The third-order valence-corrected chi connectivity index (χ3v) is 2.44. The van der Waals surface area contributed by atoms with Gasteiger partial charge in [0.05, 0.1) is 12.2 Å². The maximum Gasteiger partial charge on any atom is 0.257 e. The predicted molar refractivity (Wildman–Crippen MR) is 63.0 cm³/mol. The van der Waals surface area contributed by atoms with Gasteiger partial charge in [-0.25, -0.2) is 0 Å². The van der Waals surface area contributed by atoms with Gasteiger partial charge in [0, 0.05) is 18.7 Å². The molecular weight excluding hydrogens is 222 g/mol. The molecule has 3 N–H and O–H groups in total. The molecule has 1 amide bonds. The zero-order valence-electron chi connectivity index (χ0n) is 9.92. The van der Waals surface area contributed by atoms with Crippen molar-refractivity contribution in [3.05, 3.63) is 23.8 Å². The summed E-state index contributed by atoms with van der Waals surface area (Å²) in [5, 5.41) is 27.6. The van der Waals surface area contributed by atoms with Crippen LogP contribution in [0.25, 0.3) is 0 Å². The number of carbonyl (C=O) groups is 1. The zero-order valence-corrected chi connectivity index (χ0v) is 9.92. The molecule has 0 saturated carbocycles. The van der Waals surface area contributed by atoms with Crippen molar-refractivity contribution in [3.8, 4) is 11.5 Å². The van der Waals surface area contributed by atoms with Crippen molar-refractivity contribution in [2.75, 3.05) is 13.2 Å². The van der Waals surface area contributed by atoms with Gasteiger partial charge in [0.15, 0.2) is 0 Å². The van der Waals surface area contributed by atoms with E-state index in [2.05, 4.69) is 0 Å². The van der Waals surface area contributed by atoms with Gasteiger partial charge in [-0.15, -0.1) is 0 Å². The molecule has 0 spiro atoms. The highest BCUT2D eigenvalue weighted by molar-refractivity contribution is 5.97. The molecule has 0 heterocycles. The first-order chi connectivity index (χ1) is 7.97. The number of phenols is 2. The summed E-state index contributed by atoms with van der Waals surface area (Å²) in [5.41, 5.74) is 0.116. The molecule has 0 unspecified atom stereocenters. The van der Waals surface area contributed by atoms with Crippen LogP contribution in [0.1, 0.15) is 24.2 Å². The molecule has 94 valence electrons. The number of hydrogen-bond donors (Lipinski definition) is 3. The predicted octanol–water partition coefficient (Wildman–Crippen LogP) is 0.941. The number of aliphatic hydroxyl groups excluding tert-OH is 1. The molecule has 0 aliphatic heterocycles. The Kier molecular flexibility index (Phi) is 4.34.